The van der Waals surface area contributed by atoms with Gasteiger partial charge in [-0.25, -0.2) is 0 Å². The van der Waals surface area contributed by atoms with Crippen LogP contribution in [0.4, 0.5) is 0 Å². The zero-order chi connectivity index (χ0) is 37.5. The van der Waals surface area contributed by atoms with Crippen molar-refractivity contribution in [3.63, 3.8) is 0 Å². The predicted molar refractivity (Wildman–Crippen MR) is 239 cm³/mol. The van der Waals surface area contributed by atoms with Gasteiger partial charge in [-0.2, -0.15) is 0 Å². The van der Waals surface area contributed by atoms with Crippen LogP contribution in [0.2, 0.25) is 21.4 Å². The minimum atomic E-state index is -4.08. The molecule has 0 N–H and O–H groups in total. The fourth-order valence-electron chi connectivity index (χ4n) is 12.0. The Labute approximate surface area is 327 Å². The molecular weight excluding hydrogens is 744 g/mol. The molecule has 0 saturated carbocycles. The molecule has 0 spiro atoms. The first kappa shape index (κ1) is 37.3. The number of unbranched alkanes of at least 4 members (excludes halogenated alkanes) is 2. The van der Waals surface area contributed by atoms with Gasteiger partial charge in [0.15, 0.2) is 0 Å². The molecule has 0 bridgehead atoms. The van der Waals surface area contributed by atoms with Crippen molar-refractivity contribution in [1.82, 2.24) is 0 Å². The Kier molecular flexibility index (Phi) is 10.5. The summed E-state index contributed by atoms with van der Waals surface area (Å²) in [5.41, 5.74) is 15.6. The summed E-state index contributed by atoms with van der Waals surface area (Å²) < 4.78 is 4.17. The number of fused-ring (bicyclic) bond motifs is 4. The van der Waals surface area contributed by atoms with E-state index in [0.29, 0.717) is 7.25 Å². The summed E-state index contributed by atoms with van der Waals surface area (Å²) in [5.74, 6) is -1.28. The Bertz CT molecular complexity index is 2230. The molecule has 0 radical (unpaired) electrons. The van der Waals surface area contributed by atoms with Crippen LogP contribution in [0.15, 0.2) is 132 Å². The van der Waals surface area contributed by atoms with E-state index in [1.54, 1.807) is 22.3 Å². The average molecular weight is 803 g/mol. The second-order valence-electron chi connectivity index (χ2n) is 17.0. The van der Waals surface area contributed by atoms with Gasteiger partial charge in [-0.1, -0.05) is 0 Å². The molecule has 0 aliphatic heterocycles. The van der Waals surface area contributed by atoms with Gasteiger partial charge in [0, 0.05) is 0 Å². The molecule has 0 fully saturated rings. The fourth-order valence-corrected chi connectivity index (χ4v) is 61.4. The molecule has 2 unspecified atom stereocenters. The minimum absolute atomic E-state index is 0.596. The summed E-state index contributed by atoms with van der Waals surface area (Å²) in [6.07, 6.45) is 13.0. The normalized spacial score (nSPS) is 17.4. The first-order valence-electron chi connectivity index (χ1n) is 21.2. The van der Waals surface area contributed by atoms with Crippen molar-refractivity contribution in [2.24, 2.45) is 0 Å². The van der Waals surface area contributed by atoms with Crippen molar-refractivity contribution < 1.29 is 17.9 Å². The van der Waals surface area contributed by atoms with Crippen LogP contribution in [0.3, 0.4) is 0 Å². The first-order valence-corrected chi connectivity index (χ1v) is 34.7. The second kappa shape index (κ2) is 15.2. The van der Waals surface area contributed by atoms with Crippen LogP contribution in [-0.2, 0) is 17.9 Å². The van der Waals surface area contributed by atoms with Crippen LogP contribution in [0.25, 0.3) is 56.0 Å². The van der Waals surface area contributed by atoms with E-state index in [2.05, 4.69) is 174 Å². The zero-order valence-corrected chi connectivity index (χ0v) is 37.2. The van der Waals surface area contributed by atoms with Crippen molar-refractivity contribution in [1.29, 1.82) is 0 Å². The Hall–Kier alpha value is -3.58. The fraction of sp³-hybridized carbons (Fsp3) is 0.308. The van der Waals surface area contributed by atoms with Crippen molar-refractivity contribution in [3.8, 4) is 22.3 Å². The van der Waals surface area contributed by atoms with E-state index >= 15 is 0 Å². The van der Waals surface area contributed by atoms with Crippen LogP contribution in [-0.4, -0.2) is 5.92 Å². The monoisotopic (exact) mass is 801 g/mol. The van der Waals surface area contributed by atoms with Gasteiger partial charge in [0.1, 0.15) is 0 Å². The predicted octanol–water partition coefficient (Wildman–Crippen LogP) is 15.8. The third-order valence-electron chi connectivity index (χ3n) is 14.5. The maximum absolute atomic E-state index is 4.08. The molecule has 2 heteroatoms. The van der Waals surface area contributed by atoms with Crippen LogP contribution in [0, 0.1) is 0 Å². The van der Waals surface area contributed by atoms with Crippen molar-refractivity contribution in [2.75, 3.05) is 0 Å². The average Bonchev–Trinajstić information content (AvgIpc) is 3.81. The van der Waals surface area contributed by atoms with Gasteiger partial charge >= 0.3 is 329 Å². The van der Waals surface area contributed by atoms with Gasteiger partial charge < -0.3 is 0 Å². The Morgan fingerprint density at radius 2 is 0.852 bits per heavy atom. The van der Waals surface area contributed by atoms with Crippen LogP contribution in [0.1, 0.15) is 95.7 Å². The molecule has 8 rings (SSSR count). The van der Waals surface area contributed by atoms with Gasteiger partial charge in [0.05, 0.1) is 0 Å². The Balaban J connectivity index is 1.43. The second-order valence-corrected chi connectivity index (χ2v) is 51.6. The third kappa shape index (κ3) is 5.68. The van der Waals surface area contributed by atoms with E-state index in [4.69, 9.17) is 0 Å². The zero-order valence-electron chi connectivity index (χ0n) is 33.6. The van der Waals surface area contributed by atoms with Crippen LogP contribution in [0.5, 0.6) is 0 Å². The van der Waals surface area contributed by atoms with E-state index in [1.807, 2.05) is 0 Å². The first-order chi connectivity index (χ1) is 26.4. The molecule has 275 valence electrons. The number of benzene rings is 6. The van der Waals surface area contributed by atoms with Gasteiger partial charge in [0.2, 0.25) is 0 Å². The molecule has 0 heterocycles. The number of allylic oxidation sites excluding steroid dienone is 2. The van der Waals surface area contributed by atoms with Gasteiger partial charge in [0.25, 0.3) is 0 Å². The molecule has 0 nitrogen and oxygen atoms in total. The Morgan fingerprint density at radius 3 is 1.26 bits per heavy atom. The van der Waals surface area contributed by atoms with Gasteiger partial charge in [-0.3, -0.25) is 0 Å². The molecule has 54 heavy (non-hydrogen) atoms. The molecule has 2 aliphatic carbocycles. The molecule has 0 aromatic heterocycles. The molecular formula is C52H59SiZr. The summed E-state index contributed by atoms with van der Waals surface area (Å²) in [4.78, 5) is 0. The summed E-state index contributed by atoms with van der Waals surface area (Å²) in [7, 11) is 0. The summed E-state index contributed by atoms with van der Waals surface area (Å²) in [5, 5.41) is 5.39. The molecule has 2 aliphatic rings. The van der Waals surface area contributed by atoms with E-state index in [9.17, 15) is 0 Å². The number of hydrogen-bond acceptors (Lipinski definition) is 0. The summed E-state index contributed by atoms with van der Waals surface area (Å²) in [6.45, 7) is 15.6. The summed E-state index contributed by atoms with van der Waals surface area (Å²) >= 11 is -4.08. The number of hydrogen-bond donors (Lipinski definition) is 0. The number of rotatable bonds is 13. The standard InChI is InChI=1S/2C21H17.2C4H9.C2H7Si.Zr/c2*1-2-15-13-17-9-6-12-20(21(17)14-15)19-11-5-8-16-7-3-4-10-18(16)19;2*1-3-4-2;1-3-2;/h2*3-14H,2H2,1H3;2*1,3-4H2,2H3;3H,1-2H3;. The van der Waals surface area contributed by atoms with Crippen molar-refractivity contribution >= 4 is 39.6 Å². The van der Waals surface area contributed by atoms with E-state index in [0.717, 1.165) is 12.8 Å². The molecule has 0 amide bonds. The molecule has 2 atom stereocenters. The van der Waals surface area contributed by atoms with Gasteiger partial charge in [-0.05, 0) is 0 Å². The molecule has 6 aromatic rings. The molecule has 6 aromatic carbocycles. The topological polar surface area (TPSA) is 0 Å². The van der Waals surface area contributed by atoms with E-state index in [1.165, 1.54) is 88.9 Å². The van der Waals surface area contributed by atoms with Gasteiger partial charge in [-0.15, -0.1) is 0 Å². The van der Waals surface area contributed by atoms with E-state index < -0.39 is 23.9 Å². The van der Waals surface area contributed by atoms with Crippen molar-refractivity contribution in [3.05, 3.63) is 155 Å². The quantitative estimate of drug-likeness (QED) is 0.102. The van der Waals surface area contributed by atoms with Crippen LogP contribution < -0.4 is 0 Å². The van der Waals surface area contributed by atoms with Crippen LogP contribution >= 0.6 is 0 Å². The van der Waals surface area contributed by atoms with E-state index in [-0.39, 0.29) is 0 Å². The SMILES string of the molecule is CCC[CH2][Zr]([CH2]CCC)([CH]1C(CC)=Cc2c(-c3cccc4ccccc34)cccc21)([CH]1C(CC)=Cc2c(-c3cccc4ccccc34)cccc21)[SiH](C)C. The Morgan fingerprint density at radius 1 is 0.463 bits per heavy atom. The van der Waals surface area contributed by atoms with Crippen molar-refractivity contribution in [2.45, 2.75) is 94.8 Å². The maximum atomic E-state index is 2.84. The molecule has 0 saturated heterocycles. The third-order valence-corrected chi connectivity index (χ3v) is 65.1. The summed E-state index contributed by atoms with van der Waals surface area (Å²) in [6, 6.07) is 46.8.